The molecule has 0 radical (unpaired) electrons. The molecule has 2 aromatic rings. The molecule has 0 saturated carbocycles. The van der Waals surface area contributed by atoms with E-state index in [2.05, 4.69) is 4.98 Å². The molecule has 2 aromatic heterocycles. The molecule has 2 N–H and O–H groups in total. The molecule has 9 heteroatoms. The van der Waals surface area contributed by atoms with Gasteiger partial charge in [0.15, 0.2) is 5.78 Å². The summed E-state index contributed by atoms with van der Waals surface area (Å²) in [5.74, 6) is -1.19. The first-order chi connectivity index (χ1) is 13.4. The van der Waals surface area contributed by atoms with Crippen LogP contribution in [0.15, 0.2) is 27.9 Å². The summed E-state index contributed by atoms with van der Waals surface area (Å²) in [5, 5.41) is 0. The van der Waals surface area contributed by atoms with Gasteiger partial charge >= 0.3 is 5.69 Å². The molecule has 1 aliphatic rings. The van der Waals surface area contributed by atoms with Crippen LogP contribution >= 0.6 is 0 Å². The SMILES string of the molecule is CCn1c(=O)c(C(=O)CN2CCCCC2)c(N)n(Cc2ccc(F)nc2)c1=O. The van der Waals surface area contributed by atoms with Crippen LogP contribution < -0.4 is 17.0 Å². The summed E-state index contributed by atoms with van der Waals surface area (Å²) in [6.45, 7) is 3.45. The zero-order valence-electron chi connectivity index (χ0n) is 15.9. The van der Waals surface area contributed by atoms with Crippen molar-refractivity contribution < 1.29 is 9.18 Å². The first-order valence-corrected chi connectivity index (χ1v) is 9.41. The van der Waals surface area contributed by atoms with E-state index in [0.717, 1.165) is 36.9 Å². The maximum Gasteiger partial charge on any atom is 0.332 e. The van der Waals surface area contributed by atoms with E-state index in [1.807, 2.05) is 4.90 Å². The van der Waals surface area contributed by atoms with E-state index >= 15 is 0 Å². The van der Waals surface area contributed by atoms with Crippen LogP contribution in [-0.2, 0) is 13.1 Å². The van der Waals surface area contributed by atoms with Crippen LogP contribution in [0.25, 0.3) is 0 Å². The molecule has 0 aliphatic carbocycles. The number of ketones is 1. The summed E-state index contributed by atoms with van der Waals surface area (Å²) >= 11 is 0. The van der Waals surface area contributed by atoms with Crippen LogP contribution in [0.4, 0.5) is 10.2 Å². The molecule has 3 rings (SSSR count). The monoisotopic (exact) mass is 389 g/mol. The van der Waals surface area contributed by atoms with Crippen LogP contribution in [0, 0.1) is 5.95 Å². The number of nitrogens with two attached hydrogens (primary N) is 1. The third-order valence-corrected chi connectivity index (χ3v) is 5.01. The van der Waals surface area contributed by atoms with Crippen LogP contribution in [0.5, 0.6) is 0 Å². The molecule has 1 fully saturated rings. The fourth-order valence-electron chi connectivity index (χ4n) is 3.49. The Hall–Kier alpha value is -2.81. The number of likely N-dealkylation sites (tertiary alicyclic amines) is 1. The van der Waals surface area contributed by atoms with Crippen molar-refractivity contribution in [2.24, 2.45) is 0 Å². The Labute approximate surface area is 161 Å². The normalized spacial score (nSPS) is 14.9. The summed E-state index contributed by atoms with van der Waals surface area (Å²) in [7, 11) is 0. The quantitative estimate of drug-likeness (QED) is 0.581. The van der Waals surface area contributed by atoms with Crippen LogP contribution in [0.3, 0.4) is 0 Å². The van der Waals surface area contributed by atoms with Crippen LogP contribution in [0.2, 0.25) is 0 Å². The van der Waals surface area contributed by atoms with Crippen molar-refractivity contribution in [3.63, 3.8) is 0 Å². The Kier molecular flexibility index (Phi) is 6.03. The van der Waals surface area contributed by atoms with Crippen molar-refractivity contribution in [1.29, 1.82) is 0 Å². The standard InChI is InChI=1S/C19H24FN5O3/c1-2-24-18(27)16(14(26)12-23-8-4-3-5-9-23)17(21)25(19(24)28)11-13-6-7-15(20)22-10-13/h6-7,10H,2-5,8-9,11-12,21H2,1H3. The number of carbonyl (C=O) groups excluding carboxylic acids is 1. The lowest BCUT2D eigenvalue weighted by molar-refractivity contribution is 0.0913. The number of carbonyl (C=O) groups is 1. The molecular formula is C19H24FN5O3. The minimum Gasteiger partial charge on any atom is -0.384 e. The number of Topliss-reactive ketones (excluding diaryl/α,β-unsaturated/α-hetero) is 1. The molecular weight excluding hydrogens is 365 g/mol. The average molecular weight is 389 g/mol. The second-order valence-electron chi connectivity index (χ2n) is 6.93. The van der Waals surface area contributed by atoms with Crippen molar-refractivity contribution in [3.8, 4) is 0 Å². The van der Waals surface area contributed by atoms with Gasteiger partial charge in [0.05, 0.1) is 13.1 Å². The van der Waals surface area contributed by atoms with Gasteiger partial charge in [0.2, 0.25) is 5.95 Å². The predicted molar refractivity (Wildman–Crippen MR) is 103 cm³/mol. The molecule has 1 saturated heterocycles. The highest BCUT2D eigenvalue weighted by Gasteiger charge is 2.24. The van der Waals surface area contributed by atoms with Crippen LogP contribution in [0.1, 0.15) is 42.1 Å². The minimum atomic E-state index is -0.666. The second-order valence-corrected chi connectivity index (χ2v) is 6.93. The Morgan fingerprint density at radius 2 is 1.89 bits per heavy atom. The molecule has 0 bridgehead atoms. The van der Waals surface area contributed by atoms with Gasteiger partial charge in [-0.05, 0) is 44.5 Å². The van der Waals surface area contributed by atoms with Gasteiger partial charge in [-0.15, -0.1) is 0 Å². The van der Waals surface area contributed by atoms with Gasteiger partial charge in [0.25, 0.3) is 5.56 Å². The third-order valence-electron chi connectivity index (χ3n) is 5.01. The summed E-state index contributed by atoms with van der Waals surface area (Å²) in [6.07, 6.45) is 4.45. The number of anilines is 1. The zero-order chi connectivity index (χ0) is 20.3. The highest BCUT2D eigenvalue weighted by atomic mass is 19.1. The maximum absolute atomic E-state index is 13.0. The Morgan fingerprint density at radius 3 is 2.50 bits per heavy atom. The van der Waals surface area contributed by atoms with E-state index in [1.54, 1.807) is 6.92 Å². The molecule has 0 spiro atoms. The Balaban J connectivity index is 2.01. The van der Waals surface area contributed by atoms with E-state index in [1.165, 1.54) is 22.9 Å². The van der Waals surface area contributed by atoms with Crippen molar-refractivity contribution in [1.82, 2.24) is 19.0 Å². The molecule has 150 valence electrons. The highest BCUT2D eigenvalue weighted by molar-refractivity contribution is 6.01. The van der Waals surface area contributed by atoms with Gasteiger partial charge in [0.1, 0.15) is 11.4 Å². The molecule has 1 aliphatic heterocycles. The molecule has 0 amide bonds. The van der Waals surface area contributed by atoms with E-state index in [9.17, 15) is 18.8 Å². The third kappa shape index (κ3) is 4.04. The molecule has 28 heavy (non-hydrogen) atoms. The maximum atomic E-state index is 13.0. The number of piperidine rings is 1. The number of halogens is 1. The van der Waals surface area contributed by atoms with Gasteiger partial charge in [-0.1, -0.05) is 12.5 Å². The average Bonchev–Trinajstić information content (AvgIpc) is 2.68. The molecule has 0 aromatic carbocycles. The van der Waals surface area contributed by atoms with Gasteiger partial charge in [-0.2, -0.15) is 4.39 Å². The van der Waals surface area contributed by atoms with E-state index in [4.69, 9.17) is 5.73 Å². The Bertz CT molecular complexity index is 975. The van der Waals surface area contributed by atoms with Crippen molar-refractivity contribution in [3.05, 3.63) is 56.2 Å². The van der Waals surface area contributed by atoms with E-state index < -0.39 is 23.0 Å². The second kappa shape index (κ2) is 8.47. The molecule has 3 heterocycles. The fraction of sp³-hybridized carbons (Fsp3) is 0.474. The van der Waals surface area contributed by atoms with Crippen molar-refractivity contribution in [2.45, 2.75) is 39.3 Å². The summed E-state index contributed by atoms with van der Waals surface area (Å²) < 4.78 is 15.2. The number of aromatic nitrogens is 3. The molecule has 0 atom stereocenters. The van der Waals surface area contributed by atoms with Gasteiger partial charge in [-0.3, -0.25) is 23.6 Å². The lowest BCUT2D eigenvalue weighted by Gasteiger charge is -2.26. The fourth-order valence-corrected chi connectivity index (χ4v) is 3.49. The van der Waals surface area contributed by atoms with E-state index in [-0.39, 0.29) is 31.0 Å². The lowest BCUT2D eigenvalue weighted by Crippen LogP contribution is -2.45. The largest absolute Gasteiger partial charge is 0.384 e. The minimum absolute atomic E-state index is 0.0117. The zero-order valence-corrected chi connectivity index (χ0v) is 15.9. The van der Waals surface area contributed by atoms with Gasteiger partial charge < -0.3 is 5.73 Å². The molecule has 8 nitrogen and oxygen atoms in total. The van der Waals surface area contributed by atoms with Gasteiger partial charge in [0, 0.05) is 12.7 Å². The summed E-state index contributed by atoms with van der Waals surface area (Å²) in [4.78, 5) is 43.9. The predicted octanol–water partition coefficient (Wildman–Crippen LogP) is 0.863. The number of pyridine rings is 1. The first-order valence-electron chi connectivity index (χ1n) is 9.41. The summed E-state index contributed by atoms with van der Waals surface area (Å²) in [5.41, 5.74) is 5.20. The Morgan fingerprint density at radius 1 is 1.18 bits per heavy atom. The smallest absolute Gasteiger partial charge is 0.332 e. The van der Waals surface area contributed by atoms with Crippen LogP contribution in [-0.4, -0.2) is 44.4 Å². The van der Waals surface area contributed by atoms with Crippen molar-refractivity contribution >= 4 is 11.6 Å². The highest BCUT2D eigenvalue weighted by Crippen LogP contribution is 2.13. The lowest BCUT2D eigenvalue weighted by atomic mass is 10.1. The number of rotatable bonds is 6. The van der Waals surface area contributed by atoms with E-state index in [0.29, 0.717) is 5.56 Å². The van der Waals surface area contributed by atoms with Crippen molar-refractivity contribution in [2.75, 3.05) is 25.4 Å². The number of hydrogen-bond acceptors (Lipinski definition) is 6. The number of nitrogens with zero attached hydrogens (tertiary/aromatic N) is 4. The van der Waals surface area contributed by atoms with Gasteiger partial charge in [-0.25, -0.2) is 9.78 Å². The topological polar surface area (TPSA) is 103 Å². The molecule has 0 unspecified atom stereocenters. The number of hydrogen-bond donors (Lipinski definition) is 1. The number of nitrogen functional groups attached to an aromatic ring is 1. The first kappa shape index (κ1) is 19.9. The summed E-state index contributed by atoms with van der Waals surface area (Å²) in [6, 6.07) is 2.65.